The van der Waals surface area contributed by atoms with Crippen molar-refractivity contribution in [3.8, 4) is 0 Å². The van der Waals surface area contributed by atoms with Crippen molar-refractivity contribution in [2.24, 2.45) is 10.9 Å². The molecule has 0 radical (unpaired) electrons. The molecular weight excluding hydrogens is 376 g/mol. The molecule has 1 aromatic carbocycles. The van der Waals surface area contributed by atoms with E-state index < -0.39 is 0 Å². The van der Waals surface area contributed by atoms with Crippen LogP contribution in [-0.4, -0.2) is 81.5 Å². The number of ether oxygens (including phenoxy) is 2. The standard InChI is InChI=1S/C24H40N4O2/c1-3-25-24(28-14-12-22(19-28)20-30-16-15-29-2)26-17-23-11-7-8-13-27(23)18-21-9-5-4-6-10-21/h4-6,9-10,22-23H,3,7-8,11-20H2,1-2H3,(H,25,26). The topological polar surface area (TPSA) is 49.3 Å². The second-order valence-electron chi connectivity index (χ2n) is 8.47. The maximum absolute atomic E-state index is 5.75. The Kier molecular flexibility index (Phi) is 9.93. The summed E-state index contributed by atoms with van der Waals surface area (Å²) >= 11 is 0. The molecule has 0 saturated carbocycles. The van der Waals surface area contributed by atoms with E-state index in [1.807, 2.05) is 0 Å². The number of methoxy groups -OCH3 is 1. The lowest BCUT2D eigenvalue weighted by molar-refractivity contribution is 0.0536. The summed E-state index contributed by atoms with van der Waals surface area (Å²) in [5.41, 5.74) is 1.40. The van der Waals surface area contributed by atoms with Crippen molar-refractivity contribution in [3.05, 3.63) is 35.9 Å². The van der Waals surface area contributed by atoms with Crippen LogP contribution in [0.4, 0.5) is 0 Å². The molecule has 3 rings (SSSR count). The third kappa shape index (κ3) is 7.25. The number of hydrogen-bond acceptors (Lipinski definition) is 4. The Hall–Kier alpha value is -1.63. The largest absolute Gasteiger partial charge is 0.382 e. The van der Waals surface area contributed by atoms with Gasteiger partial charge in [-0.1, -0.05) is 36.8 Å². The van der Waals surface area contributed by atoms with Gasteiger partial charge in [0.15, 0.2) is 5.96 Å². The predicted octanol–water partition coefficient (Wildman–Crippen LogP) is 2.99. The minimum Gasteiger partial charge on any atom is -0.382 e. The number of guanidine groups is 1. The molecule has 1 N–H and O–H groups in total. The molecule has 2 unspecified atom stereocenters. The molecule has 2 saturated heterocycles. The van der Waals surface area contributed by atoms with Gasteiger partial charge in [0.2, 0.25) is 0 Å². The number of piperidine rings is 1. The Labute approximate surface area is 182 Å². The van der Waals surface area contributed by atoms with Crippen molar-refractivity contribution in [3.63, 3.8) is 0 Å². The predicted molar refractivity (Wildman–Crippen MR) is 123 cm³/mol. The molecule has 2 atom stereocenters. The van der Waals surface area contributed by atoms with Crippen LogP contribution in [0.3, 0.4) is 0 Å². The fraction of sp³-hybridized carbons (Fsp3) is 0.708. The fourth-order valence-electron chi connectivity index (χ4n) is 4.46. The Morgan fingerprint density at radius 2 is 2.00 bits per heavy atom. The smallest absolute Gasteiger partial charge is 0.193 e. The number of nitrogens with zero attached hydrogens (tertiary/aromatic N) is 3. The molecule has 2 heterocycles. The number of hydrogen-bond donors (Lipinski definition) is 1. The van der Waals surface area contributed by atoms with Gasteiger partial charge in [-0.05, 0) is 38.3 Å². The van der Waals surface area contributed by atoms with Crippen LogP contribution in [0.25, 0.3) is 0 Å². The Morgan fingerprint density at radius 1 is 1.13 bits per heavy atom. The molecule has 0 aliphatic carbocycles. The number of nitrogens with one attached hydrogen (secondary N) is 1. The van der Waals surface area contributed by atoms with Crippen LogP contribution < -0.4 is 5.32 Å². The Balaban J connectivity index is 1.54. The zero-order valence-corrected chi connectivity index (χ0v) is 18.9. The molecule has 0 spiro atoms. The van der Waals surface area contributed by atoms with Gasteiger partial charge in [0.25, 0.3) is 0 Å². The van der Waals surface area contributed by atoms with E-state index in [0.717, 1.165) is 45.3 Å². The zero-order chi connectivity index (χ0) is 21.0. The van der Waals surface area contributed by atoms with Crippen LogP contribution in [0.5, 0.6) is 0 Å². The highest BCUT2D eigenvalue weighted by Gasteiger charge is 2.26. The lowest BCUT2D eigenvalue weighted by Gasteiger charge is -2.35. The van der Waals surface area contributed by atoms with Gasteiger partial charge in [0, 0.05) is 45.2 Å². The van der Waals surface area contributed by atoms with Gasteiger partial charge in [0.1, 0.15) is 0 Å². The molecule has 0 aromatic heterocycles. The summed E-state index contributed by atoms with van der Waals surface area (Å²) in [4.78, 5) is 10.1. The van der Waals surface area contributed by atoms with Crippen molar-refractivity contribution in [2.45, 2.75) is 45.2 Å². The molecule has 6 nitrogen and oxygen atoms in total. The summed E-state index contributed by atoms with van der Waals surface area (Å²) in [6.07, 6.45) is 5.02. The molecular formula is C24H40N4O2. The average Bonchev–Trinajstić information content (AvgIpc) is 3.25. The molecule has 2 aliphatic rings. The third-order valence-corrected chi connectivity index (χ3v) is 6.13. The van der Waals surface area contributed by atoms with E-state index in [2.05, 4.69) is 52.4 Å². The lowest BCUT2D eigenvalue weighted by Crippen LogP contribution is -2.44. The van der Waals surface area contributed by atoms with E-state index in [9.17, 15) is 0 Å². The van der Waals surface area contributed by atoms with Gasteiger partial charge < -0.3 is 19.7 Å². The van der Waals surface area contributed by atoms with Crippen LogP contribution in [-0.2, 0) is 16.0 Å². The number of rotatable bonds is 10. The summed E-state index contributed by atoms with van der Waals surface area (Å²) in [7, 11) is 1.72. The minimum absolute atomic E-state index is 0.531. The first-order valence-electron chi connectivity index (χ1n) is 11.7. The van der Waals surface area contributed by atoms with E-state index in [4.69, 9.17) is 14.5 Å². The molecule has 1 aromatic rings. The average molecular weight is 417 g/mol. The highest BCUT2D eigenvalue weighted by atomic mass is 16.5. The number of likely N-dealkylation sites (tertiary alicyclic amines) is 2. The maximum atomic E-state index is 5.75. The fourth-order valence-corrected chi connectivity index (χ4v) is 4.46. The van der Waals surface area contributed by atoms with Crippen molar-refractivity contribution in [1.29, 1.82) is 0 Å². The Morgan fingerprint density at radius 3 is 2.80 bits per heavy atom. The molecule has 2 aliphatic heterocycles. The molecule has 2 fully saturated rings. The normalized spacial score (nSPS) is 23.1. The summed E-state index contributed by atoms with van der Waals surface area (Å²) < 4.78 is 10.8. The van der Waals surface area contributed by atoms with Crippen molar-refractivity contribution in [1.82, 2.24) is 15.1 Å². The van der Waals surface area contributed by atoms with Crippen LogP contribution in [0.1, 0.15) is 38.2 Å². The SMILES string of the molecule is CCNC(=NCC1CCCCN1Cc1ccccc1)N1CCC(COCCOC)C1. The first-order valence-corrected chi connectivity index (χ1v) is 11.7. The highest BCUT2D eigenvalue weighted by Crippen LogP contribution is 2.21. The van der Waals surface area contributed by atoms with Crippen LogP contribution in [0.2, 0.25) is 0 Å². The van der Waals surface area contributed by atoms with E-state index in [0.29, 0.717) is 25.2 Å². The summed E-state index contributed by atoms with van der Waals surface area (Å²) in [5, 5.41) is 3.52. The molecule has 30 heavy (non-hydrogen) atoms. The van der Waals surface area contributed by atoms with Gasteiger partial charge in [-0.3, -0.25) is 9.89 Å². The van der Waals surface area contributed by atoms with Gasteiger partial charge in [-0.2, -0.15) is 0 Å². The highest BCUT2D eigenvalue weighted by molar-refractivity contribution is 5.80. The van der Waals surface area contributed by atoms with Gasteiger partial charge in [-0.15, -0.1) is 0 Å². The second-order valence-corrected chi connectivity index (χ2v) is 8.47. The van der Waals surface area contributed by atoms with Gasteiger partial charge in [0.05, 0.1) is 26.4 Å². The van der Waals surface area contributed by atoms with Crippen molar-refractivity contribution >= 4 is 5.96 Å². The monoisotopic (exact) mass is 416 g/mol. The van der Waals surface area contributed by atoms with Crippen LogP contribution in [0, 0.1) is 5.92 Å². The van der Waals surface area contributed by atoms with Crippen molar-refractivity contribution in [2.75, 3.05) is 59.7 Å². The maximum Gasteiger partial charge on any atom is 0.193 e. The van der Waals surface area contributed by atoms with E-state index in [1.165, 1.54) is 37.8 Å². The van der Waals surface area contributed by atoms with Gasteiger partial charge in [-0.25, -0.2) is 0 Å². The lowest BCUT2D eigenvalue weighted by atomic mass is 10.0. The Bertz CT molecular complexity index is 625. The van der Waals surface area contributed by atoms with Crippen LogP contribution >= 0.6 is 0 Å². The molecule has 168 valence electrons. The van der Waals surface area contributed by atoms with Gasteiger partial charge >= 0.3 is 0 Å². The molecule has 0 bridgehead atoms. The second kappa shape index (κ2) is 12.9. The van der Waals surface area contributed by atoms with Crippen LogP contribution in [0.15, 0.2) is 35.3 Å². The first-order chi connectivity index (χ1) is 14.8. The van der Waals surface area contributed by atoms with E-state index in [1.54, 1.807) is 7.11 Å². The minimum atomic E-state index is 0.531. The number of aliphatic imine (C=N–C) groups is 1. The number of benzene rings is 1. The van der Waals surface area contributed by atoms with E-state index >= 15 is 0 Å². The third-order valence-electron chi connectivity index (χ3n) is 6.13. The summed E-state index contributed by atoms with van der Waals surface area (Å²) in [6, 6.07) is 11.4. The molecule has 0 amide bonds. The van der Waals surface area contributed by atoms with E-state index in [-0.39, 0.29) is 0 Å². The first kappa shape index (κ1) is 23.0. The van der Waals surface area contributed by atoms with Crippen molar-refractivity contribution < 1.29 is 9.47 Å². The zero-order valence-electron chi connectivity index (χ0n) is 18.9. The summed E-state index contributed by atoms with van der Waals surface area (Å²) in [5.74, 6) is 1.65. The summed E-state index contributed by atoms with van der Waals surface area (Å²) in [6.45, 7) is 10.4. The quantitative estimate of drug-likeness (QED) is 0.361. The molecule has 6 heteroatoms.